The monoisotopic (exact) mass is 255 g/mol. The Bertz CT molecular complexity index is 405. The number of halogens is 1. The molecule has 1 N–H and O–H groups in total. The van der Waals surface area contributed by atoms with Gasteiger partial charge in [0, 0.05) is 12.1 Å². The number of aryl methyl sites for hydroxylation is 1. The van der Waals surface area contributed by atoms with Gasteiger partial charge in [0.1, 0.15) is 5.75 Å². The highest BCUT2D eigenvalue weighted by molar-refractivity contribution is 6.32. The molecule has 94 valence electrons. The topological polar surface area (TPSA) is 38.3 Å². The van der Waals surface area contributed by atoms with Gasteiger partial charge in [-0.2, -0.15) is 0 Å². The first-order chi connectivity index (χ1) is 8.10. The van der Waals surface area contributed by atoms with E-state index in [1.54, 1.807) is 12.1 Å². The average Bonchev–Trinajstić information content (AvgIpc) is 2.30. The molecule has 3 nitrogen and oxygen atoms in total. The number of amides is 1. The smallest absolute Gasteiger partial charge is 0.251 e. The molecule has 0 fully saturated rings. The van der Waals surface area contributed by atoms with E-state index in [0.717, 1.165) is 12.0 Å². The number of hydrogen-bond donors (Lipinski definition) is 1. The molecule has 1 aromatic rings. The van der Waals surface area contributed by atoms with Gasteiger partial charge in [-0.05, 0) is 38.0 Å². The fraction of sp³-hybridized carbons (Fsp3) is 0.462. The maximum absolute atomic E-state index is 11.8. The van der Waals surface area contributed by atoms with Crippen molar-refractivity contribution in [1.82, 2.24) is 5.32 Å². The lowest BCUT2D eigenvalue weighted by atomic mass is 10.1. The Morgan fingerprint density at radius 1 is 1.41 bits per heavy atom. The molecule has 0 radical (unpaired) electrons. The van der Waals surface area contributed by atoms with Crippen molar-refractivity contribution in [2.24, 2.45) is 0 Å². The van der Waals surface area contributed by atoms with Crippen LogP contribution in [0.15, 0.2) is 12.1 Å². The second kappa shape index (κ2) is 6.50. The predicted molar refractivity (Wildman–Crippen MR) is 70.0 cm³/mol. The van der Waals surface area contributed by atoms with Crippen molar-refractivity contribution in [2.45, 2.75) is 27.2 Å². The van der Waals surface area contributed by atoms with Gasteiger partial charge >= 0.3 is 0 Å². The van der Waals surface area contributed by atoms with E-state index in [4.69, 9.17) is 16.3 Å². The zero-order valence-electron chi connectivity index (χ0n) is 10.5. The van der Waals surface area contributed by atoms with Gasteiger partial charge < -0.3 is 10.1 Å². The Labute approximate surface area is 107 Å². The number of hydrogen-bond acceptors (Lipinski definition) is 2. The normalized spacial score (nSPS) is 10.1. The van der Waals surface area contributed by atoms with Crippen molar-refractivity contribution in [1.29, 1.82) is 0 Å². The largest absolute Gasteiger partial charge is 0.492 e. The first kappa shape index (κ1) is 13.8. The van der Waals surface area contributed by atoms with Gasteiger partial charge in [0.2, 0.25) is 0 Å². The summed E-state index contributed by atoms with van der Waals surface area (Å²) in [5.74, 6) is 0.535. The van der Waals surface area contributed by atoms with Crippen LogP contribution in [0.1, 0.15) is 36.2 Å². The minimum Gasteiger partial charge on any atom is -0.492 e. The molecule has 0 aliphatic rings. The Hall–Kier alpha value is -1.22. The molecular weight excluding hydrogens is 238 g/mol. The maximum Gasteiger partial charge on any atom is 0.251 e. The number of rotatable bonds is 5. The molecule has 0 saturated carbocycles. The number of benzene rings is 1. The summed E-state index contributed by atoms with van der Waals surface area (Å²) in [6, 6.07) is 3.46. The molecule has 1 amide bonds. The van der Waals surface area contributed by atoms with E-state index in [0.29, 0.717) is 29.5 Å². The summed E-state index contributed by atoms with van der Waals surface area (Å²) in [6.45, 7) is 7.01. The van der Waals surface area contributed by atoms with Gasteiger partial charge in [-0.15, -0.1) is 0 Å². The summed E-state index contributed by atoms with van der Waals surface area (Å²) in [5, 5.41) is 3.30. The highest BCUT2D eigenvalue weighted by atomic mass is 35.5. The van der Waals surface area contributed by atoms with Gasteiger partial charge in [-0.1, -0.05) is 18.5 Å². The van der Waals surface area contributed by atoms with Gasteiger partial charge in [-0.25, -0.2) is 0 Å². The van der Waals surface area contributed by atoms with Crippen LogP contribution in [0.5, 0.6) is 5.75 Å². The molecule has 0 bridgehead atoms. The highest BCUT2D eigenvalue weighted by Gasteiger charge is 2.12. The summed E-state index contributed by atoms with van der Waals surface area (Å²) in [6.07, 6.45) is 0.912. The third-order valence-electron chi connectivity index (χ3n) is 2.36. The fourth-order valence-electron chi connectivity index (χ4n) is 1.50. The van der Waals surface area contributed by atoms with E-state index in [2.05, 4.69) is 5.32 Å². The Kier molecular flexibility index (Phi) is 5.29. The second-order valence-corrected chi connectivity index (χ2v) is 4.19. The fourth-order valence-corrected chi connectivity index (χ4v) is 1.72. The number of carbonyl (C=O) groups excluding carboxylic acids is 1. The van der Waals surface area contributed by atoms with Crippen LogP contribution in [-0.4, -0.2) is 19.1 Å². The van der Waals surface area contributed by atoms with Gasteiger partial charge in [0.05, 0.1) is 11.6 Å². The third-order valence-corrected chi connectivity index (χ3v) is 2.65. The minimum atomic E-state index is -0.0886. The van der Waals surface area contributed by atoms with Crippen LogP contribution in [0, 0.1) is 6.92 Å². The second-order valence-electron chi connectivity index (χ2n) is 3.79. The molecule has 0 unspecified atom stereocenters. The lowest BCUT2D eigenvalue weighted by Crippen LogP contribution is -2.24. The molecule has 1 aromatic carbocycles. The van der Waals surface area contributed by atoms with Gasteiger partial charge in [0.25, 0.3) is 5.91 Å². The number of nitrogens with one attached hydrogen (secondary N) is 1. The van der Waals surface area contributed by atoms with Crippen LogP contribution in [0.3, 0.4) is 0 Å². The lowest BCUT2D eigenvalue weighted by Gasteiger charge is -2.11. The van der Waals surface area contributed by atoms with Crippen LogP contribution in [0.25, 0.3) is 0 Å². The van der Waals surface area contributed by atoms with Crippen LogP contribution >= 0.6 is 11.6 Å². The molecule has 0 heterocycles. The van der Waals surface area contributed by atoms with Crippen molar-refractivity contribution in [3.05, 3.63) is 28.3 Å². The maximum atomic E-state index is 11.8. The van der Waals surface area contributed by atoms with Crippen molar-refractivity contribution in [3.8, 4) is 5.75 Å². The average molecular weight is 256 g/mol. The summed E-state index contributed by atoms with van der Waals surface area (Å²) < 4.78 is 5.37. The van der Waals surface area contributed by atoms with Gasteiger partial charge in [0.15, 0.2) is 0 Å². The summed E-state index contributed by atoms with van der Waals surface area (Å²) in [7, 11) is 0. The van der Waals surface area contributed by atoms with Crippen LogP contribution in [0.2, 0.25) is 5.02 Å². The first-order valence-corrected chi connectivity index (χ1v) is 6.19. The van der Waals surface area contributed by atoms with E-state index in [-0.39, 0.29) is 5.91 Å². The molecule has 0 aromatic heterocycles. The lowest BCUT2D eigenvalue weighted by molar-refractivity contribution is 0.0953. The standard InChI is InChI=1S/C13H18ClNO2/c1-4-6-15-13(16)10-8-11(14)12(17-5-2)7-9(10)3/h7-8H,4-6H2,1-3H3,(H,15,16). The SMILES string of the molecule is CCCNC(=O)c1cc(Cl)c(OCC)cc1C. The molecule has 0 saturated heterocycles. The summed E-state index contributed by atoms with van der Waals surface area (Å²) in [5.41, 5.74) is 1.47. The van der Waals surface area contributed by atoms with Gasteiger partial charge in [-0.3, -0.25) is 4.79 Å². The predicted octanol–water partition coefficient (Wildman–Crippen LogP) is 3.19. The Balaban J connectivity index is 2.94. The first-order valence-electron chi connectivity index (χ1n) is 5.81. The zero-order valence-corrected chi connectivity index (χ0v) is 11.2. The number of carbonyl (C=O) groups is 1. The molecule has 1 rings (SSSR count). The van der Waals surface area contributed by atoms with E-state index in [9.17, 15) is 4.79 Å². The summed E-state index contributed by atoms with van der Waals surface area (Å²) >= 11 is 6.05. The van der Waals surface area contributed by atoms with E-state index >= 15 is 0 Å². The number of ether oxygens (including phenoxy) is 1. The zero-order chi connectivity index (χ0) is 12.8. The van der Waals surface area contributed by atoms with E-state index in [1.165, 1.54) is 0 Å². The molecule has 0 atom stereocenters. The minimum absolute atomic E-state index is 0.0886. The Morgan fingerprint density at radius 3 is 2.71 bits per heavy atom. The molecule has 17 heavy (non-hydrogen) atoms. The van der Waals surface area contributed by atoms with Crippen molar-refractivity contribution < 1.29 is 9.53 Å². The molecule has 0 aliphatic heterocycles. The van der Waals surface area contributed by atoms with Crippen LogP contribution in [0.4, 0.5) is 0 Å². The molecule has 4 heteroatoms. The molecule has 0 spiro atoms. The van der Waals surface area contributed by atoms with Crippen molar-refractivity contribution in [3.63, 3.8) is 0 Å². The molecular formula is C13H18ClNO2. The van der Waals surface area contributed by atoms with E-state index in [1.807, 2.05) is 20.8 Å². The Morgan fingerprint density at radius 2 is 2.12 bits per heavy atom. The van der Waals surface area contributed by atoms with Crippen molar-refractivity contribution >= 4 is 17.5 Å². The van der Waals surface area contributed by atoms with Crippen molar-refractivity contribution in [2.75, 3.05) is 13.2 Å². The third kappa shape index (κ3) is 3.63. The quantitative estimate of drug-likeness (QED) is 0.878. The van der Waals surface area contributed by atoms with Crippen LogP contribution in [-0.2, 0) is 0 Å². The molecule has 0 aliphatic carbocycles. The summed E-state index contributed by atoms with van der Waals surface area (Å²) in [4.78, 5) is 11.8. The highest BCUT2D eigenvalue weighted by Crippen LogP contribution is 2.28. The van der Waals surface area contributed by atoms with E-state index < -0.39 is 0 Å². The van der Waals surface area contributed by atoms with Crippen LogP contribution < -0.4 is 10.1 Å².